The highest BCUT2D eigenvalue weighted by molar-refractivity contribution is 5.78. The van der Waals surface area contributed by atoms with Crippen molar-refractivity contribution in [1.82, 2.24) is 4.90 Å². The molecule has 3 rings (SSSR count). The number of hydrogen-bond acceptors (Lipinski definition) is 5. The Bertz CT molecular complexity index is 940. The second-order valence-corrected chi connectivity index (χ2v) is 7.61. The predicted octanol–water partition coefficient (Wildman–Crippen LogP) is 3.08. The van der Waals surface area contributed by atoms with Gasteiger partial charge in [0.1, 0.15) is 5.75 Å². The maximum atomic E-state index is 12.7. The standard InChI is InChI=1S/C23H25F3N2O5/c1-32-20(22(30)31)14-16-2-8-19(9-3-16)33-15-21(29)28-12-10-27(11-13-28)18-6-4-17(5-7-18)23(24,25)26/h2-9,20H,10-15H2,1H3,(H,30,31). The summed E-state index contributed by atoms with van der Waals surface area (Å²) in [6.45, 7) is 1.76. The molecule has 0 saturated carbocycles. The number of anilines is 1. The summed E-state index contributed by atoms with van der Waals surface area (Å²) in [6, 6.07) is 11.8. The first-order valence-corrected chi connectivity index (χ1v) is 10.3. The number of methoxy groups -OCH3 is 1. The van der Waals surface area contributed by atoms with Crippen LogP contribution in [0, 0.1) is 0 Å². The molecule has 2 aromatic carbocycles. The number of amides is 1. The zero-order valence-corrected chi connectivity index (χ0v) is 18.0. The molecule has 2 aromatic rings. The number of aliphatic carboxylic acids is 1. The van der Waals surface area contributed by atoms with E-state index in [4.69, 9.17) is 14.6 Å². The number of carbonyl (C=O) groups is 2. The molecule has 1 fully saturated rings. The number of ether oxygens (including phenoxy) is 2. The Morgan fingerprint density at radius 3 is 2.12 bits per heavy atom. The van der Waals surface area contributed by atoms with Crippen LogP contribution >= 0.6 is 0 Å². The van der Waals surface area contributed by atoms with Crippen molar-refractivity contribution in [2.75, 3.05) is 44.8 Å². The van der Waals surface area contributed by atoms with Crippen LogP contribution in [0.3, 0.4) is 0 Å². The lowest BCUT2D eigenvalue weighted by Gasteiger charge is -2.36. The predicted molar refractivity (Wildman–Crippen MR) is 114 cm³/mol. The summed E-state index contributed by atoms with van der Waals surface area (Å²) >= 11 is 0. The van der Waals surface area contributed by atoms with Gasteiger partial charge in [-0.25, -0.2) is 4.79 Å². The summed E-state index contributed by atoms with van der Waals surface area (Å²) in [5, 5.41) is 9.04. The van der Waals surface area contributed by atoms with Crippen molar-refractivity contribution in [1.29, 1.82) is 0 Å². The molecule has 1 aliphatic heterocycles. The third-order valence-electron chi connectivity index (χ3n) is 5.46. The van der Waals surface area contributed by atoms with Crippen LogP contribution < -0.4 is 9.64 Å². The van der Waals surface area contributed by atoms with Gasteiger partial charge in [-0.05, 0) is 42.0 Å². The van der Waals surface area contributed by atoms with E-state index >= 15 is 0 Å². The molecule has 1 saturated heterocycles. The van der Waals surface area contributed by atoms with Crippen LogP contribution in [-0.2, 0) is 26.9 Å². The van der Waals surface area contributed by atoms with Gasteiger partial charge < -0.3 is 24.4 Å². The Hall–Kier alpha value is -3.27. The highest BCUT2D eigenvalue weighted by Gasteiger charge is 2.30. The van der Waals surface area contributed by atoms with Gasteiger partial charge in [-0.2, -0.15) is 13.2 Å². The number of piperazine rings is 1. The van der Waals surface area contributed by atoms with Gasteiger partial charge in [0.25, 0.3) is 5.91 Å². The highest BCUT2D eigenvalue weighted by atomic mass is 19.4. The van der Waals surface area contributed by atoms with Gasteiger partial charge in [-0.3, -0.25) is 4.79 Å². The quantitative estimate of drug-likeness (QED) is 0.644. The monoisotopic (exact) mass is 466 g/mol. The molecule has 1 N–H and O–H groups in total. The molecule has 1 amide bonds. The van der Waals surface area contributed by atoms with Crippen LogP contribution in [0.1, 0.15) is 11.1 Å². The van der Waals surface area contributed by atoms with E-state index in [0.29, 0.717) is 37.6 Å². The topological polar surface area (TPSA) is 79.3 Å². The number of alkyl halides is 3. The molecule has 0 spiro atoms. The van der Waals surface area contributed by atoms with Crippen LogP contribution in [0.4, 0.5) is 18.9 Å². The fourth-order valence-corrected chi connectivity index (χ4v) is 3.52. The maximum Gasteiger partial charge on any atom is 0.416 e. The molecule has 33 heavy (non-hydrogen) atoms. The first kappa shape index (κ1) is 24.4. The van der Waals surface area contributed by atoms with Gasteiger partial charge in [0.2, 0.25) is 0 Å². The number of carboxylic acid groups (broad SMARTS) is 1. The van der Waals surface area contributed by atoms with Gasteiger partial charge in [0.05, 0.1) is 5.56 Å². The van der Waals surface area contributed by atoms with E-state index in [1.807, 2.05) is 4.90 Å². The van der Waals surface area contributed by atoms with E-state index in [1.165, 1.54) is 19.2 Å². The zero-order valence-electron chi connectivity index (χ0n) is 18.0. The molecule has 10 heteroatoms. The van der Waals surface area contributed by atoms with Crippen molar-refractivity contribution in [3.63, 3.8) is 0 Å². The van der Waals surface area contributed by atoms with E-state index in [-0.39, 0.29) is 18.9 Å². The Morgan fingerprint density at radius 1 is 1.00 bits per heavy atom. The summed E-state index contributed by atoms with van der Waals surface area (Å²) in [6.07, 6.45) is -5.08. The molecule has 1 heterocycles. The average molecular weight is 466 g/mol. The van der Waals surface area contributed by atoms with Gasteiger partial charge >= 0.3 is 12.1 Å². The Balaban J connectivity index is 1.45. The van der Waals surface area contributed by atoms with Gasteiger partial charge in [0, 0.05) is 45.4 Å². The molecule has 0 radical (unpaired) electrons. The molecule has 1 aliphatic rings. The molecule has 0 aromatic heterocycles. The normalized spacial score (nSPS) is 15.3. The first-order chi connectivity index (χ1) is 15.7. The van der Waals surface area contributed by atoms with Gasteiger partial charge in [-0.1, -0.05) is 12.1 Å². The summed E-state index contributed by atoms with van der Waals surface area (Å²) in [4.78, 5) is 27.1. The molecule has 0 aliphatic carbocycles. The minimum Gasteiger partial charge on any atom is -0.484 e. The second kappa shape index (κ2) is 10.6. The number of nitrogens with zero attached hydrogens (tertiary/aromatic N) is 2. The number of hydrogen-bond donors (Lipinski definition) is 1. The summed E-state index contributed by atoms with van der Waals surface area (Å²) in [7, 11) is 1.34. The summed E-state index contributed by atoms with van der Waals surface area (Å²) in [5.74, 6) is -0.738. The van der Waals surface area contributed by atoms with Crippen molar-refractivity contribution in [2.24, 2.45) is 0 Å². The van der Waals surface area contributed by atoms with E-state index in [1.54, 1.807) is 29.2 Å². The smallest absolute Gasteiger partial charge is 0.416 e. The van der Waals surface area contributed by atoms with E-state index in [2.05, 4.69) is 0 Å². The van der Waals surface area contributed by atoms with Crippen LogP contribution in [0.5, 0.6) is 5.75 Å². The first-order valence-electron chi connectivity index (χ1n) is 10.3. The minimum atomic E-state index is -4.37. The Kier molecular flexibility index (Phi) is 7.80. The average Bonchev–Trinajstić information content (AvgIpc) is 2.81. The van der Waals surface area contributed by atoms with Crippen LogP contribution in [0.15, 0.2) is 48.5 Å². The minimum absolute atomic E-state index is 0.143. The van der Waals surface area contributed by atoms with Crippen LogP contribution in [-0.4, -0.2) is 67.9 Å². The number of halogens is 3. The van der Waals surface area contributed by atoms with Crippen molar-refractivity contribution in [3.05, 3.63) is 59.7 Å². The lowest BCUT2D eigenvalue weighted by Crippen LogP contribution is -2.50. The van der Waals surface area contributed by atoms with Crippen molar-refractivity contribution in [3.8, 4) is 5.75 Å². The van der Waals surface area contributed by atoms with Crippen molar-refractivity contribution >= 4 is 17.6 Å². The number of benzene rings is 2. The molecular formula is C23H25F3N2O5. The fourth-order valence-electron chi connectivity index (χ4n) is 3.52. The van der Waals surface area contributed by atoms with Crippen LogP contribution in [0.25, 0.3) is 0 Å². The molecular weight excluding hydrogens is 441 g/mol. The van der Waals surface area contributed by atoms with E-state index < -0.39 is 23.8 Å². The van der Waals surface area contributed by atoms with E-state index in [0.717, 1.165) is 17.7 Å². The Morgan fingerprint density at radius 2 is 1.61 bits per heavy atom. The Labute approximate surface area is 189 Å². The summed E-state index contributed by atoms with van der Waals surface area (Å²) in [5.41, 5.74) is 0.762. The third-order valence-corrected chi connectivity index (χ3v) is 5.46. The van der Waals surface area contributed by atoms with Crippen molar-refractivity contribution in [2.45, 2.75) is 18.7 Å². The van der Waals surface area contributed by atoms with Gasteiger partial charge in [-0.15, -0.1) is 0 Å². The SMILES string of the molecule is COC(Cc1ccc(OCC(=O)N2CCN(c3ccc(C(F)(F)F)cc3)CC2)cc1)C(=O)O. The van der Waals surface area contributed by atoms with E-state index in [9.17, 15) is 22.8 Å². The lowest BCUT2D eigenvalue weighted by atomic mass is 10.1. The second-order valence-electron chi connectivity index (χ2n) is 7.61. The zero-order chi connectivity index (χ0) is 24.0. The van der Waals surface area contributed by atoms with Crippen molar-refractivity contribution < 1.29 is 37.3 Å². The lowest BCUT2D eigenvalue weighted by molar-refractivity contribution is -0.148. The summed E-state index contributed by atoms with van der Waals surface area (Å²) < 4.78 is 48.6. The number of rotatable bonds is 8. The fraction of sp³-hybridized carbons (Fsp3) is 0.391. The third kappa shape index (κ3) is 6.61. The number of carbonyl (C=O) groups excluding carboxylic acids is 1. The largest absolute Gasteiger partial charge is 0.484 e. The van der Waals surface area contributed by atoms with Gasteiger partial charge in [0.15, 0.2) is 12.7 Å². The molecule has 1 unspecified atom stereocenters. The molecule has 7 nitrogen and oxygen atoms in total. The molecule has 1 atom stereocenters. The maximum absolute atomic E-state index is 12.7. The molecule has 178 valence electrons. The highest BCUT2D eigenvalue weighted by Crippen LogP contribution is 2.30. The van der Waals surface area contributed by atoms with Crippen LogP contribution in [0.2, 0.25) is 0 Å². The number of carboxylic acids is 1. The molecule has 0 bridgehead atoms.